The molecule has 2 aromatic heterocycles. The Bertz CT molecular complexity index is 802. The van der Waals surface area contributed by atoms with Crippen LogP contribution in [0.4, 0.5) is 5.95 Å². The average Bonchev–Trinajstić information content (AvgIpc) is 3.24. The van der Waals surface area contributed by atoms with Gasteiger partial charge in [0, 0.05) is 6.04 Å². The molecule has 4 unspecified atom stereocenters. The van der Waals surface area contributed by atoms with Crippen molar-refractivity contribution in [2.24, 2.45) is 0 Å². The highest BCUT2D eigenvalue weighted by molar-refractivity contribution is 5.70. The van der Waals surface area contributed by atoms with E-state index < -0.39 is 36.7 Å². The first-order valence-corrected chi connectivity index (χ1v) is 7.69. The molecule has 0 spiro atoms. The number of fused-ring (bicyclic) bond motifs is 1. The molecular weight excluding hydrogens is 320 g/mol. The van der Waals surface area contributed by atoms with Gasteiger partial charge in [-0.2, -0.15) is 4.98 Å². The lowest BCUT2D eigenvalue weighted by molar-refractivity contribution is -0.0511. The van der Waals surface area contributed by atoms with Crippen LogP contribution in [0.2, 0.25) is 0 Å². The zero-order valence-corrected chi connectivity index (χ0v) is 12.6. The molecule has 2 fully saturated rings. The minimum absolute atomic E-state index is 0.0877. The second kappa shape index (κ2) is 5.79. The largest absolute Gasteiger partial charge is 0.394 e. The number of aromatic amines is 1. The smallest absolute Gasteiger partial charge is 0.280 e. The van der Waals surface area contributed by atoms with Crippen LogP contribution in [0.5, 0.6) is 0 Å². The van der Waals surface area contributed by atoms with E-state index in [1.54, 1.807) is 0 Å². The predicted octanol–water partition coefficient (Wildman–Crippen LogP) is -2.19. The first kappa shape index (κ1) is 15.5. The highest BCUT2D eigenvalue weighted by atomic mass is 16.6. The van der Waals surface area contributed by atoms with Gasteiger partial charge in [0.25, 0.3) is 5.56 Å². The summed E-state index contributed by atoms with van der Waals surface area (Å²) in [6.07, 6.45) is -1.01. The number of aliphatic hydroxyl groups is 3. The van der Waals surface area contributed by atoms with Crippen LogP contribution in [0.15, 0.2) is 11.1 Å². The third kappa shape index (κ3) is 2.56. The predicted molar refractivity (Wildman–Crippen MR) is 80.9 cm³/mol. The quantitative estimate of drug-likeness (QED) is 0.333. The monoisotopic (exact) mass is 338 g/mol. The number of nitrogens with zero attached hydrogens (tertiary/aromatic N) is 3. The molecule has 3 heterocycles. The number of H-pyrrole nitrogens is 1. The van der Waals surface area contributed by atoms with Crippen molar-refractivity contribution in [2.75, 3.05) is 12.0 Å². The molecule has 1 aliphatic heterocycles. The lowest BCUT2D eigenvalue weighted by Gasteiger charge is -2.16. The van der Waals surface area contributed by atoms with E-state index in [1.807, 2.05) is 0 Å². The van der Waals surface area contributed by atoms with E-state index in [9.17, 15) is 20.1 Å². The van der Waals surface area contributed by atoms with Gasteiger partial charge in [-0.1, -0.05) is 0 Å². The second-order valence-electron chi connectivity index (χ2n) is 6.01. The molecule has 11 nitrogen and oxygen atoms in total. The van der Waals surface area contributed by atoms with Crippen molar-refractivity contribution in [1.29, 1.82) is 0 Å². The maximum Gasteiger partial charge on any atom is 0.280 e. The van der Waals surface area contributed by atoms with Crippen molar-refractivity contribution in [3.63, 3.8) is 0 Å². The van der Waals surface area contributed by atoms with Gasteiger partial charge in [-0.3, -0.25) is 19.8 Å². The van der Waals surface area contributed by atoms with Crippen LogP contribution in [0.25, 0.3) is 11.2 Å². The summed E-state index contributed by atoms with van der Waals surface area (Å²) in [4.78, 5) is 23.0. The first-order chi connectivity index (χ1) is 11.6. The summed E-state index contributed by atoms with van der Waals surface area (Å²) >= 11 is 0. The maximum absolute atomic E-state index is 12.1. The Morgan fingerprint density at radius 1 is 1.38 bits per heavy atom. The number of hydrogen-bond donors (Lipinski definition) is 6. The third-order valence-corrected chi connectivity index (χ3v) is 4.20. The SMILES string of the molecule is O=c1[nH]c(NNC2CC2)nc2c1ncn2C1OC(CO)C(O)C1O. The Morgan fingerprint density at radius 2 is 2.17 bits per heavy atom. The molecule has 0 radical (unpaired) electrons. The standard InChI is InChI=1S/C13H18N6O5/c20-3-6-8(21)9(22)12(24-6)19-4-14-7-10(19)15-13(16-11(7)23)18-17-5-1-2-5/h4-6,8-9,12,17,20-22H,1-3H2,(H2,15,16,18,23). The zero-order chi connectivity index (χ0) is 16.8. The Balaban J connectivity index is 1.69. The minimum Gasteiger partial charge on any atom is -0.394 e. The minimum atomic E-state index is -1.28. The molecule has 24 heavy (non-hydrogen) atoms. The van der Waals surface area contributed by atoms with Gasteiger partial charge in [0.15, 0.2) is 17.4 Å². The number of nitrogens with one attached hydrogen (secondary N) is 3. The summed E-state index contributed by atoms with van der Waals surface area (Å²) < 4.78 is 6.83. The zero-order valence-electron chi connectivity index (χ0n) is 12.6. The third-order valence-electron chi connectivity index (χ3n) is 4.20. The normalized spacial score (nSPS) is 30.1. The van der Waals surface area contributed by atoms with Crippen LogP contribution in [0.1, 0.15) is 19.1 Å². The average molecular weight is 338 g/mol. The van der Waals surface area contributed by atoms with E-state index in [0.29, 0.717) is 6.04 Å². The van der Waals surface area contributed by atoms with Gasteiger partial charge in [0.1, 0.15) is 18.3 Å². The van der Waals surface area contributed by atoms with Gasteiger partial charge in [-0.25, -0.2) is 10.4 Å². The number of aliphatic hydroxyl groups excluding tert-OH is 3. The molecule has 130 valence electrons. The van der Waals surface area contributed by atoms with Crippen molar-refractivity contribution in [2.45, 2.75) is 43.4 Å². The Labute approximate surface area is 135 Å². The molecule has 4 atom stereocenters. The van der Waals surface area contributed by atoms with Crippen molar-refractivity contribution in [3.8, 4) is 0 Å². The van der Waals surface area contributed by atoms with E-state index in [-0.39, 0.29) is 17.1 Å². The molecule has 1 saturated carbocycles. The molecule has 0 bridgehead atoms. The number of rotatable bonds is 5. The molecule has 1 saturated heterocycles. The lowest BCUT2D eigenvalue weighted by atomic mass is 10.1. The molecule has 2 aromatic rings. The summed E-state index contributed by atoms with van der Waals surface area (Å²) in [6, 6.07) is 0.358. The van der Waals surface area contributed by atoms with Crippen LogP contribution in [-0.4, -0.2) is 65.8 Å². The Kier molecular flexibility index (Phi) is 3.73. The number of ether oxygens (including phenoxy) is 1. The fourth-order valence-electron chi connectivity index (χ4n) is 2.68. The van der Waals surface area contributed by atoms with Gasteiger partial charge in [0.2, 0.25) is 5.95 Å². The number of hydrogen-bond acceptors (Lipinski definition) is 9. The van der Waals surface area contributed by atoms with Gasteiger partial charge in [-0.15, -0.1) is 0 Å². The topological polar surface area (TPSA) is 158 Å². The first-order valence-electron chi connectivity index (χ1n) is 7.69. The van der Waals surface area contributed by atoms with Crippen molar-refractivity contribution in [1.82, 2.24) is 24.9 Å². The van der Waals surface area contributed by atoms with Crippen LogP contribution in [0.3, 0.4) is 0 Å². The molecule has 4 rings (SSSR count). The van der Waals surface area contributed by atoms with Crippen molar-refractivity contribution >= 4 is 17.1 Å². The van der Waals surface area contributed by atoms with Crippen molar-refractivity contribution < 1.29 is 20.1 Å². The fraction of sp³-hybridized carbons (Fsp3) is 0.615. The number of anilines is 1. The van der Waals surface area contributed by atoms with E-state index in [1.165, 1.54) is 10.9 Å². The number of aromatic nitrogens is 4. The lowest BCUT2D eigenvalue weighted by Crippen LogP contribution is -2.33. The van der Waals surface area contributed by atoms with E-state index >= 15 is 0 Å². The van der Waals surface area contributed by atoms with E-state index in [0.717, 1.165) is 12.8 Å². The van der Waals surface area contributed by atoms with Crippen LogP contribution in [-0.2, 0) is 4.74 Å². The summed E-state index contributed by atoms with van der Waals surface area (Å²) in [5, 5.41) is 29.2. The summed E-state index contributed by atoms with van der Waals surface area (Å²) in [7, 11) is 0. The Morgan fingerprint density at radius 3 is 2.83 bits per heavy atom. The summed E-state index contributed by atoms with van der Waals surface area (Å²) in [5.41, 5.74) is 5.70. The van der Waals surface area contributed by atoms with Crippen LogP contribution < -0.4 is 16.4 Å². The Hall–Kier alpha value is -2.05. The van der Waals surface area contributed by atoms with Gasteiger partial charge in [-0.05, 0) is 12.8 Å². The molecule has 2 aliphatic rings. The van der Waals surface area contributed by atoms with Gasteiger partial charge < -0.3 is 20.1 Å². The number of hydrazine groups is 1. The van der Waals surface area contributed by atoms with E-state index in [2.05, 4.69) is 25.8 Å². The maximum atomic E-state index is 12.1. The summed E-state index contributed by atoms with van der Waals surface area (Å²) in [6.45, 7) is -0.437. The second-order valence-corrected chi connectivity index (χ2v) is 6.01. The molecule has 6 N–H and O–H groups in total. The summed E-state index contributed by atoms with van der Waals surface area (Å²) in [5.74, 6) is 0.216. The van der Waals surface area contributed by atoms with Crippen molar-refractivity contribution in [3.05, 3.63) is 16.7 Å². The molecule has 0 amide bonds. The molecule has 0 aromatic carbocycles. The van der Waals surface area contributed by atoms with Gasteiger partial charge in [0.05, 0.1) is 12.9 Å². The highest BCUT2D eigenvalue weighted by Gasteiger charge is 2.44. The fourth-order valence-corrected chi connectivity index (χ4v) is 2.68. The number of imidazole rings is 1. The molecule has 11 heteroatoms. The van der Waals surface area contributed by atoms with E-state index in [4.69, 9.17) is 4.74 Å². The van der Waals surface area contributed by atoms with Gasteiger partial charge >= 0.3 is 0 Å². The van der Waals surface area contributed by atoms with Crippen LogP contribution in [0, 0.1) is 0 Å². The highest BCUT2D eigenvalue weighted by Crippen LogP contribution is 2.30. The van der Waals surface area contributed by atoms with Crippen LogP contribution >= 0.6 is 0 Å². The molecular formula is C13H18N6O5. The molecule has 1 aliphatic carbocycles.